The molecule has 0 saturated heterocycles. The Balaban J connectivity index is 1.63. The van der Waals surface area contributed by atoms with Gasteiger partial charge in [-0.15, -0.1) is 11.3 Å². The zero-order valence-electron chi connectivity index (χ0n) is 21.1. The molecular formula is C26H20Cl2FN7O3S2. The number of halogens is 3. The highest BCUT2D eigenvalue weighted by molar-refractivity contribution is 7.93. The Kier molecular flexibility index (Phi) is 8.42. The van der Waals surface area contributed by atoms with E-state index in [1.54, 1.807) is 25.4 Å². The van der Waals surface area contributed by atoms with Crippen LogP contribution >= 0.6 is 34.5 Å². The quantitative estimate of drug-likeness (QED) is 0.187. The van der Waals surface area contributed by atoms with Gasteiger partial charge in [-0.3, -0.25) is 4.72 Å². The van der Waals surface area contributed by atoms with E-state index in [0.717, 1.165) is 0 Å². The molecule has 10 nitrogen and oxygen atoms in total. The molecule has 0 atom stereocenters. The van der Waals surface area contributed by atoms with Gasteiger partial charge >= 0.3 is 0 Å². The molecular weight excluding hydrogens is 612 g/mol. The largest absolute Gasteiger partial charge is 0.395 e. The molecule has 0 amide bonds. The molecule has 0 fully saturated rings. The number of thiazole rings is 1. The molecule has 0 spiro atoms. The maximum absolute atomic E-state index is 16.1. The summed E-state index contributed by atoms with van der Waals surface area (Å²) in [6, 6.07) is 10.1. The summed E-state index contributed by atoms with van der Waals surface area (Å²) in [6.07, 6.45) is 4.74. The lowest BCUT2D eigenvalue weighted by Crippen LogP contribution is -2.15. The minimum Gasteiger partial charge on any atom is -0.395 e. The lowest BCUT2D eigenvalue weighted by Gasteiger charge is -2.13. The van der Waals surface area contributed by atoms with E-state index in [4.69, 9.17) is 33.3 Å². The van der Waals surface area contributed by atoms with E-state index < -0.39 is 15.8 Å². The van der Waals surface area contributed by atoms with E-state index in [9.17, 15) is 8.42 Å². The maximum atomic E-state index is 16.1. The zero-order valence-corrected chi connectivity index (χ0v) is 24.3. The van der Waals surface area contributed by atoms with Gasteiger partial charge in [0.2, 0.25) is 5.95 Å². The number of aliphatic hydroxyl groups is 1. The lowest BCUT2D eigenvalue weighted by molar-refractivity contribution is 0.311. The van der Waals surface area contributed by atoms with Crippen molar-refractivity contribution >= 4 is 56.2 Å². The zero-order chi connectivity index (χ0) is 29.1. The minimum absolute atomic E-state index is 0.0180. The third kappa shape index (κ3) is 6.14. The molecule has 0 saturated carbocycles. The fraction of sp³-hybridized carbons (Fsp3) is 0.115. The van der Waals surface area contributed by atoms with E-state index in [1.807, 2.05) is 0 Å². The van der Waals surface area contributed by atoms with Crippen LogP contribution in [0.1, 0.15) is 5.82 Å². The van der Waals surface area contributed by atoms with Crippen molar-refractivity contribution in [1.29, 1.82) is 0 Å². The Morgan fingerprint density at radius 3 is 2.41 bits per heavy atom. The van der Waals surface area contributed by atoms with Gasteiger partial charge < -0.3 is 10.4 Å². The molecule has 0 bridgehead atoms. The number of nitrogens with zero attached hydrogens (tertiary/aromatic N) is 5. The molecule has 3 aromatic heterocycles. The van der Waals surface area contributed by atoms with Crippen LogP contribution in [0.25, 0.3) is 32.4 Å². The van der Waals surface area contributed by atoms with Crippen LogP contribution in [0.15, 0.2) is 66.0 Å². The first-order valence-corrected chi connectivity index (χ1v) is 15.0. The standard InChI is InChI=1S/C26H20Cl2FN7O3S2/c1-14-32-12-15(13-33-14)25-35-22(23(40-25)20-8-9-30-26(34-20)31-10-11-37)16-4-2-7-19(21(16)29)36-41(38,39)24-17(27)5-3-6-18(24)28/h2-9,12-13,36-37H,10-11H2,1H3,(H,30,31,34). The minimum atomic E-state index is -4.35. The topological polar surface area (TPSA) is 143 Å². The number of rotatable bonds is 9. The fourth-order valence-corrected chi connectivity index (χ4v) is 7.00. The van der Waals surface area contributed by atoms with Gasteiger partial charge in [-0.1, -0.05) is 35.3 Å². The van der Waals surface area contributed by atoms with Crippen molar-refractivity contribution in [3.8, 4) is 32.4 Å². The molecule has 0 aliphatic carbocycles. The molecule has 3 heterocycles. The third-order valence-electron chi connectivity index (χ3n) is 5.62. The van der Waals surface area contributed by atoms with Gasteiger partial charge in [0.1, 0.15) is 15.7 Å². The highest BCUT2D eigenvalue weighted by Gasteiger charge is 2.26. The van der Waals surface area contributed by atoms with Gasteiger partial charge in [-0.2, -0.15) is 0 Å². The van der Waals surface area contributed by atoms with Crippen LogP contribution in [0.4, 0.5) is 16.0 Å². The van der Waals surface area contributed by atoms with E-state index in [0.29, 0.717) is 27.0 Å². The van der Waals surface area contributed by atoms with Crippen molar-refractivity contribution in [2.45, 2.75) is 11.8 Å². The Morgan fingerprint density at radius 1 is 1.00 bits per heavy atom. The molecule has 0 aliphatic heterocycles. The third-order valence-corrected chi connectivity index (χ3v) is 9.07. The number of anilines is 2. The average Bonchev–Trinajstić information content (AvgIpc) is 3.38. The molecule has 0 radical (unpaired) electrons. The summed E-state index contributed by atoms with van der Waals surface area (Å²) >= 11 is 13.4. The number of benzene rings is 2. The van der Waals surface area contributed by atoms with Gasteiger partial charge in [-0.05, 0) is 37.3 Å². The Bertz CT molecular complexity index is 1820. The van der Waals surface area contributed by atoms with E-state index in [1.165, 1.54) is 53.9 Å². The Labute approximate surface area is 248 Å². The van der Waals surface area contributed by atoms with Crippen LogP contribution in [-0.4, -0.2) is 51.6 Å². The normalized spacial score (nSPS) is 11.4. The SMILES string of the molecule is Cc1ncc(-c2nc(-c3cccc(NS(=O)(=O)c4c(Cl)cccc4Cl)c3F)c(-c3ccnc(NCCO)n3)s2)cn1. The van der Waals surface area contributed by atoms with Gasteiger partial charge in [0, 0.05) is 36.3 Å². The summed E-state index contributed by atoms with van der Waals surface area (Å²) in [5, 5.41) is 12.3. The molecule has 15 heteroatoms. The summed E-state index contributed by atoms with van der Waals surface area (Å²) in [5.41, 5.74) is 0.939. The fourth-order valence-electron chi connectivity index (χ4n) is 3.77. The Morgan fingerprint density at radius 2 is 1.71 bits per heavy atom. The van der Waals surface area contributed by atoms with Crippen LogP contribution in [0.3, 0.4) is 0 Å². The van der Waals surface area contributed by atoms with Crippen LogP contribution in [-0.2, 0) is 10.0 Å². The van der Waals surface area contributed by atoms with Gasteiger partial charge in [0.05, 0.1) is 38.6 Å². The molecule has 5 aromatic rings. The molecule has 3 N–H and O–H groups in total. The summed E-state index contributed by atoms with van der Waals surface area (Å²) in [7, 11) is -4.35. The maximum Gasteiger partial charge on any atom is 0.264 e. The first-order chi connectivity index (χ1) is 19.7. The number of nitrogens with one attached hydrogen (secondary N) is 2. The van der Waals surface area contributed by atoms with Crippen molar-refractivity contribution in [1.82, 2.24) is 24.9 Å². The second-order valence-corrected chi connectivity index (χ2v) is 11.9. The van der Waals surface area contributed by atoms with E-state index in [-0.39, 0.29) is 51.0 Å². The summed E-state index contributed by atoms with van der Waals surface area (Å²) in [6.45, 7) is 1.86. The van der Waals surface area contributed by atoms with Crippen LogP contribution < -0.4 is 10.0 Å². The molecule has 210 valence electrons. The van der Waals surface area contributed by atoms with Crippen LogP contribution in [0.5, 0.6) is 0 Å². The molecule has 0 unspecified atom stereocenters. The number of sulfonamides is 1. The molecule has 5 rings (SSSR count). The molecule has 2 aromatic carbocycles. The average molecular weight is 633 g/mol. The van der Waals surface area contributed by atoms with Gasteiger partial charge in [-0.25, -0.2) is 37.7 Å². The summed E-state index contributed by atoms with van der Waals surface area (Å²) in [4.78, 5) is 21.9. The smallest absolute Gasteiger partial charge is 0.264 e. The van der Waals surface area contributed by atoms with Gasteiger partial charge in [0.25, 0.3) is 10.0 Å². The number of aromatic nitrogens is 5. The number of hydrogen-bond donors (Lipinski definition) is 3. The van der Waals surface area contributed by atoms with Crippen LogP contribution in [0.2, 0.25) is 10.0 Å². The monoisotopic (exact) mass is 631 g/mol. The Hall–Kier alpha value is -3.75. The first kappa shape index (κ1) is 28.8. The molecule has 0 aliphatic rings. The van der Waals surface area contributed by atoms with E-state index >= 15 is 4.39 Å². The van der Waals surface area contributed by atoms with Crippen molar-refractivity contribution in [2.75, 3.05) is 23.2 Å². The molecule has 41 heavy (non-hydrogen) atoms. The van der Waals surface area contributed by atoms with Crippen molar-refractivity contribution in [2.24, 2.45) is 0 Å². The first-order valence-electron chi connectivity index (χ1n) is 11.9. The van der Waals surface area contributed by atoms with Crippen molar-refractivity contribution in [3.05, 3.63) is 82.7 Å². The lowest BCUT2D eigenvalue weighted by atomic mass is 10.1. The summed E-state index contributed by atoms with van der Waals surface area (Å²) < 4.78 is 44.7. The van der Waals surface area contributed by atoms with Crippen molar-refractivity contribution < 1.29 is 17.9 Å². The van der Waals surface area contributed by atoms with Crippen LogP contribution in [0, 0.1) is 12.7 Å². The van der Waals surface area contributed by atoms with Crippen molar-refractivity contribution in [3.63, 3.8) is 0 Å². The highest BCUT2D eigenvalue weighted by atomic mass is 35.5. The highest BCUT2D eigenvalue weighted by Crippen LogP contribution is 2.42. The second-order valence-electron chi connectivity index (χ2n) is 8.45. The predicted molar refractivity (Wildman–Crippen MR) is 157 cm³/mol. The second kappa shape index (κ2) is 12.0. The van der Waals surface area contributed by atoms with Gasteiger partial charge in [0.15, 0.2) is 5.82 Å². The number of hydrogen-bond acceptors (Lipinski definition) is 10. The summed E-state index contributed by atoms with van der Waals surface area (Å²) in [5.74, 6) is -0.0364. The number of aliphatic hydroxyl groups excluding tert-OH is 1. The predicted octanol–water partition coefficient (Wildman–Crippen LogP) is 5.68. The van der Waals surface area contributed by atoms with E-state index in [2.05, 4.69) is 30.0 Å². The number of aryl methyl sites for hydroxylation is 1.